The third-order valence-electron chi connectivity index (χ3n) is 1.42. The average Bonchev–Trinajstić information content (AvgIpc) is 1.97. The van der Waals surface area contributed by atoms with Crippen LogP contribution in [0.2, 0.25) is 0 Å². The normalized spacial score (nSPS) is 16.9. The first-order valence-corrected chi connectivity index (χ1v) is 3.05. The molecule has 14 heavy (non-hydrogen) atoms. The largest absolute Gasteiger partial charge is 0.434 e. The number of hydrogen-bond acceptors (Lipinski definition) is 1. The van der Waals surface area contributed by atoms with Gasteiger partial charge in [0.1, 0.15) is 0 Å². The highest BCUT2D eigenvalue weighted by molar-refractivity contribution is 5.00. The van der Waals surface area contributed by atoms with E-state index in [-0.39, 0.29) is 0 Å². The summed E-state index contributed by atoms with van der Waals surface area (Å²) in [7, 11) is 0. The summed E-state index contributed by atoms with van der Waals surface area (Å²) >= 11 is 0. The van der Waals surface area contributed by atoms with Crippen molar-refractivity contribution in [1.29, 1.82) is 0 Å². The molecule has 1 N–H and O–H groups in total. The number of hydrogen-bond donors (Lipinski definition) is 1. The third kappa shape index (κ3) is 1.91. The Morgan fingerprint density at radius 2 is 1.14 bits per heavy atom. The van der Waals surface area contributed by atoms with Crippen molar-refractivity contribution in [3.8, 4) is 0 Å². The fourth-order valence-corrected chi connectivity index (χ4v) is 0.642. The van der Waals surface area contributed by atoms with Crippen LogP contribution in [-0.2, 0) is 0 Å². The Morgan fingerprint density at radius 1 is 0.857 bits per heavy atom. The van der Waals surface area contributed by atoms with Gasteiger partial charge in [-0.15, -0.1) is 0 Å². The van der Waals surface area contributed by atoms with Crippen LogP contribution in [0.1, 0.15) is 0 Å². The molecule has 0 saturated carbocycles. The van der Waals surface area contributed by atoms with Crippen molar-refractivity contribution in [2.24, 2.45) is 0 Å². The van der Waals surface area contributed by atoms with Gasteiger partial charge < -0.3 is 5.11 Å². The van der Waals surface area contributed by atoms with Gasteiger partial charge in [0, 0.05) is 0 Å². The first kappa shape index (κ1) is 13.4. The zero-order valence-corrected chi connectivity index (χ0v) is 6.26. The van der Waals surface area contributed by atoms with Crippen molar-refractivity contribution < 1.29 is 40.2 Å². The molecule has 0 heterocycles. The smallest absolute Gasteiger partial charge is 0.393 e. The maximum Gasteiger partial charge on any atom is 0.434 e. The van der Waals surface area contributed by atoms with E-state index in [1.165, 1.54) is 0 Å². The Bertz CT molecular complexity index is 179. The molecule has 0 aromatic heterocycles. The molecule has 0 bridgehead atoms. The molecular formula is C5H4F8O. The second kappa shape index (κ2) is 3.52. The number of aliphatic hydroxyl groups is 1. The zero-order chi connectivity index (χ0) is 11.8. The standard InChI is InChI=1S/C5H4F8O/c6-2(1-14)3(7,4(8,9)10)5(11,12)13/h2,14H,1H2. The molecule has 0 amide bonds. The van der Waals surface area contributed by atoms with E-state index in [9.17, 15) is 35.1 Å². The van der Waals surface area contributed by atoms with E-state index < -0.39 is 30.8 Å². The Balaban J connectivity index is 5.29. The topological polar surface area (TPSA) is 20.2 Å². The maximum absolute atomic E-state index is 12.4. The van der Waals surface area contributed by atoms with Crippen molar-refractivity contribution in [1.82, 2.24) is 0 Å². The summed E-state index contributed by atoms with van der Waals surface area (Å²) in [6.45, 7) is -2.21. The lowest BCUT2D eigenvalue weighted by Gasteiger charge is -2.31. The van der Waals surface area contributed by atoms with Crippen LogP contribution >= 0.6 is 0 Å². The molecule has 0 radical (unpaired) electrons. The molecule has 0 aromatic rings. The van der Waals surface area contributed by atoms with Gasteiger partial charge in [-0.05, 0) is 0 Å². The van der Waals surface area contributed by atoms with Crippen molar-refractivity contribution in [2.75, 3.05) is 6.61 Å². The van der Waals surface area contributed by atoms with Gasteiger partial charge in [-0.3, -0.25) is 0 Å². The molecule has 0 aliphatic carbocycles. The lowest BCUT2D eigenvalue weighted by molar-refractivity contribution is -0.359. The number of rotatable bonds is 2. The van der Waals surface area contributed by atoms with Crippen molar-refractivity contribution in [3.05, 3.63) is 0 Å². The fourth-order valence-electron chi connectivity index (χ4n) is 0.642. The second-order valence-electron chi connectivity index (χ2n) is 2.36. The van der Waals surface area contributed by atoms with Gasteiger partial charge in [-0.1, -0.05) is 0 Å². The number of halogens is 8. The van der Waals surface area contributed by atoms with Crippen molar-refractivity contribution in [2.45, 2.75) is 24.2 Å². The molecule has 0 spiro atoms. The Labute approximate surface area is 72.3 Å². The van der Waals surface area contributed by atoms with E-state index in [2.05, 4.69) is 0 Å². The van der Waals surface area contributed by atoms with Crippen LogP contribution < -0.4 is 0 Å². The molecule has 0 aromatic carbocycles. The van der Waals surface area contributed by atoms with E-state index in [4.69, 9.17) is 5.11 Å². The molecule has 0 aliphatic heterocycles. The minimum absolute atomic E-state index is 2.21. The zero-order valence-electron chi connectivity index (χ0n) is 6.26. The second-order valence-corrected chi connectivity index (χ2v) is 2.36. The first-order chi connectivity index (χ1) is 5.98. The van der Waals surface area contributed by atoms with Crippen LogP contribution in [0.4, 0.5) is 35.1 Å². The van der Waals surface area contributed by atoms with Crippen molar-refractivity contribution >= 4 is 0 Å². The van der Waals surface area contributed by atoms with E-state index in [0.717, 1.165) is 0 Å². The Morgan fingerprint density at radius 3 is 1.21 bits per heavy atom. The van der Waals surface area contributed by atoms with Crippen LogP contribution in [0.5, 0.6) is 0 Å². The monoisotopic (exact) mass is 232 g/mol. The van der Waals surface area contributed by atoms with E-state index in [1.54, 1.807) is 0 Å². The maximum atomic E-state index is 12.4. The fraction of sp³-hybridized carbons (Fsp3) is 1.00. The molecule has 86 valence electrons. The highest BCUT2D eigenvalue weighted by Crippen LogP contribution is 2.49. The summed E-state index contributed by atoms with van der Waals surface area (Å²) in [5, 5.41) is 7.78. The molecule has 0 fully saturated rings. The highest BCUT2D eigenvalue weighted by Gasteiger charge is 2.76. The summed E-state index contributed by atoms with van der Waals surface area (Å²) < 4.78 is 94.1. The van der Waals surface area contributed by atoms with Gasteiger partial charge in [-0.2, -0.15) is 26.3 Å². The van der Waals surface area contributed by atoms with E-state index in [1.807, 2.05) is 0 Å². The predicted molar refractivity (Wildman–Crippen MR) is 27.9 cm³/mol. The van der Waals surface area contributed by atoms with Gasteiger partial charge in [-0.25, -0.2) is 8.78 Å². The molecule has 0 saturated heterocycles. The summed E-state index contributed by atoms with van der Waals surface area (Å²) in [5.41, 5.74) is -6.03. The minimum Gasteiger partial charge on any atom is -0.393 e. The lowest BCUT2D eigenvalue weighted by atomic mass is 9.99. The quantitative estimate of drug-likeness (QED) is 0.723. The lowest BCUT2D eigenvalue weighted by Crippen LogP contribution is -2.60. The van der Waals surface area contributed by atoms with Gasteiger partial charge in [0.25, 0.3) is 0 Å². The minimum atomic E-state index is -6.46. The molecule has 1 nitrogen and oxygen atoms in total. The van der Waals surface area contributed by atoms with Gasteiger partial charge >= 0.3 is 18.0 Å². The number of aliphatic hydroxyl groups excluding tert-OH is 1. The average molecular weight is 232 g/mol. The molecule has 0 aliphatic rings. The van der Waals surface area contributed by atoms with Crippen LogP contribution in [0.25, 0.3) is 0 Å². The Kier molecular flexibility index (Phi) is 3.37. The van der Waals surface area contributed by atoms with E-state index in [0.29, 0.717) is 0 Å². The van der Waals surface area contributed by atoms with Crippen molar-refractivity contribution in [3.63, 3.8) is 0 Å². The van der Waals surface area contributed by atoms with E-state index >= 15 is 0 Å². The van der Waals surface area contributed by atoms with Crippen LogP contribution in [0, 0.1) is 0 Å². The number of alkyl halides is 8. The predicted octanol–water partition coefficient (Wildman–Crippen LogP) is 2.15. The molecule has 9 heteroatoms. The van der Waals surface area contributed by atoms with Gasteiger partial charge in [0.15, 0.2) is 6.17 Å². The first-order valence-electron chi connectivity index (χ1n) is 3.05. The van der Waals surface area contributed by atoms with Crippen LogP contribution in [-0.4, -0.2) is 35.9 Å². The summed E-state index contributed by atoms with van der Waals surface area (Å²) in [5.74, 6) is 0. The van der Waals surface area contributed by atoms with Crippen LogP contribution in [0.15, 0.2) is 0 Å². The van der Waals surface area contributed by atoms with Gasteiger partial charge in [0.2, 0.25) is 0 Å². The molecular weight excluding hydrogens is 228 g/mol. The van der Waals surface area contributed by atoms with Gasteiger partial charge in [0.05, 0.1) is 6.61 Å². The molecule has 1 atom stereocenters. The SMILES string of the molecule is OCC(F)C(F)(C(F)(F)F)C(F)(F)F. The van der Waals surface area contributed by atoms with Crippen LogP contribution in [0.3, 0.4) is 0 Å². The Hall–Kier alpha value is -0.600. The third-order valence-corrected chi connectivity index (χ3v) is 1.42. The molecule has 1 unspecified atom stereocenters. The molecule has 0 rings (SSSR count). The summed E-state index contributed by atoms with van der Waals surface area (Å²) in [6, 6.07) is 0. The summed E-state index contributed by atoms with van der Waals surface area (Å²) in [6.07, 6.45) is -17.0. The summed E-state index contributed by atoms with van der Waals surface area (Å²) in [4.78, 5) is 0. The highest BCUT2D eigenvalue weighted by atomic mass is 19.4.